The SMILES string of the molecule is COc1ccc(-c2nc3ccccc3nc2N2CC[C@H](N(C)C(=O)C(C)C)C2)cc1C#N. The van der Waals surface area contributed by atoms with Gasteiger partial charge in [-0.1, -0.05) is 26.0 Å². The molecule has 1 aromatic heterocycles. The van der Waals surface area contributed by atoms with Gasteiger partial charge in [-0.15, -0.1) is 0 Å². The first-order valence-electron chi connectivity index (χ1n) is 10.8. The summed E-state index contributed by atoms with van der Waals surface area (Å²) < 4.78 is 5.30. The normalized spacial score (nSPS) is 15.8. The van der Waals surface area contributed by atoms with Gasteiger partial charge in [0.1, 0.15) is 17.5 Å². The summed E-state index contributed by atoms with van der Waals surface area (Å²) in [4.78, 5) is 26.4. The van der Waals surface area contributed by atoms with Crippen LogP contribution in [0.1, 0.15) is 25.8 Å². The van der Waals surface area contributed by atoms with Crippen molar-refractivity contribution in [3.8, 4) is 23.1 Å². The molecule has 164 valence electrons. The number of methoxy groups -OCH3 is 1. The van der Waals surface area contributed by atoms with E-state index in [2.05, 4.69) is 11.0 Å². The molecule has 0 N–H and O–H groups in total. The Hall–Kier alpha value is -3.66. The number of para-hydroxylation sites is 2. The Morgan fingerprint density at radius 1 is 1.22 bits per heavy atom. The molecule has 3 aromatic rings. The first kappa shape index (κ1) is 21.6. The van der Waals surface area contributed by atoms with E-state index in [-0.39, 0.29) is 17.9 Å². The maximum Gasteiger partial charge on any atom is 0.225 e. The second kappa shape index (κ2) is 8.83. The van der Waals surface area contributed by atoms with E-state index in [1.54, 1.807) is 19.2 Å². The quantitative estimate of drug-likeness (QED) is 0.612. The third-order valence-corrected chi connectivity index (χ3v) is 6.00. The fourth-order valence-corrected chi connectivity index (χ4v) is 4.19. The number of amides is 1. The number of rotatable bonds is 5. The molecule has 2 aromatic carbocycles. The van der Waals surface area contributed by atoms with E-state index >= 15 is 0 Å². The monoisotopic (exact) mass is 429 g/mol. The van der Waals surface area contributed by atoms with Crippen LogP contribution in [-0.2, 0) is 4.79 Å². The fourth-order valence-electron chi connectivity index (χ4n) is 4.19. The molecule has 1 atom stereocenters. The van der Waals surface area contributed by atoms with Crippen LogP contribution >= 0.6 is 0 Å². The number of ether oxygens (including phenoxy) is 1. The smallest absolute Gasteiger partial charge is 0.225 e. The van der Waals surface area contributed by atoms with Crippen LogP contribution in [0.5, 0.6) is 5.75 Å². The van der Waals surface area contributed by atoms with Crippen molar-refractivity contribution in [1.82, 2.24) is 14.9 Å². The van der Waals surface area contributed by atoms with Gasteiger partial charge in [-0.05, 0) is 36.8 Å². The summed E-state index contributed by atoms with van der Waals surface area (Å²) >= 11 is 0. The minimum absolute atomic E-state index is 0.0335. The maximum atomic E-state index is 12.5. The van der Waals surface area contributed by atoms with Gasteiger partial charge in [0, 0.05) is 31.6 Å². The van der Waals surface area contributed by atoms with Crippen LogP contribution in [0.3, 0.4) is 0 Å². The molecule has 7 nitrogen and oxygen atoms in total. The fraction of sp³-hybridized carbons (Fsp3) is 0.360. The van der Waals surface area contributed by atoms with Crippen LogP contribution in [0.15, 0.2) is 42.5 Å². The van der Waals surface area contributed by atoms with E-state index in [9.17, 15) is 10.1 Å². The Labute approximate surface area is 188 Å². The summed E-state index contributed by atoms with van der Waals surface area (Å²) in [6.07, 6.45) is 0.870. The molecule has 2 heterocycles. The highest BCUT2D eigenvalue weighted by atomic mass is 16.5. The predicted molar refractivity (Wildman–Crippen MR) is 124 cm³/mol. The van der Waals surface area contributed by atoms with Crippen molar-refractivity contribution in [2.24, 2.45) is 5.92 Å². The van der Waals surface area contributed by atoms with Crippen molar-refractivity contribution in [1.29, 1.82) is 5.26 Å². The average molecular weight is 430 g/mol. The molecule has 32 heavy (non-hydrogen) atoms. The number of aromatic nitrogens is 2. The largest absolute Gasteiger partial charge is 0.495 e. The Kier molecular flexibility index (Phi) is 5.95. The van der Waals surface area contributed by atoms with E-state index in [1.807, 2.05) is 56.1 Å². The average Bonchev–Trinajstić information content (AvgIpc) is 3.31. The zero-order valence-electron chi connectivity index (χ0n) is 18.9. The van der Waals surface area contributed by atoms with Gasteiger partial charge in [0.25, 0.3) is 0 Å². The number of hydrogen-bond acceptors (Lipinski definition) is 6. The lowest BCUT2D eigenvalue weighted by Gasteiger charge is -2.27. The van der Waals surface area contributed by atoms with Crippen LogP contribution in [0.4, 0.5) is 5.82 Å². The van der Waals surface area contributed by atoms with Gasteiger partial charge < -0.3 is 14.5 Å². The molecule has 0 aliphatic carbocycles. The minimum atomic E-state index is -0.0335. The van der Waals surface area contributed by atoms with Gasteiger partial charge in [-0.25, -0.2) is 9.97 Å². The molecule has 0 unspecified atom stereocenters. The van der Waals surface area contributed by atoms with Crippen LogP contribution in [-0.4, -0.2) is 54.1 Å². The summed E-state index contributed by atoms with van der Waals surface area (Å²) in [6, 6.07) is 15.6. The standard InChI is InChI=1S/C25H27N5O2/c1-16(2)25(31)29(3)19-11-12-30(15-19)24-23(27-20-7-5-6-8-21(20)28-24)17-9-10-22(32-4)18(13-17)14-26/h5-10,13,16,19H,11-12,15H2,1-4H3/t19-/m0/s1. The second-order valence-electron chi connectivity index (χ2n) is 8.40. The molecular formula is C25H27N5O2. The molecule has 7 heteroatoms. The number of likely N-dealkylation sites (N-methyl/N-ethyl adjacent to an activating group) is 1. The van der Waals surface area contributed by atoms with E-state index < -0.39 is 0 Å². The summed E-state index contributed by atoms with van der Waals surface area (Å²) in [5.41, 5.74) is 3.60. The molecule has 1 aliphatic heterocycles. The molecule has 0 radical (unpaired) electrons. The third kappa shape index (κ3) is 3.96. The first-order chi connectivity index (χ1) is 15.4. The lowest BCUT2D eigenvalue weighted by molar-refractivity contribution is -0.134. The van der Waals surface area contributed by atoms with E-state index in [0.29, 0.717) is 17.9 Å². The van der Waals surface area contributed by atoms with Crippen molar-refractivity contribution >= 4 is 22.8 Å². The van der Waals surface area contributed by atoms with Gasteiger partial charge in [-0.3, -0.25) is 4.79 Å². The molecule has 1 fully saturated rings. The molecular weight excluding hydrogens is 402 g/mol. The highest BCUT2D eigenvalue weighted by Gasteiger charge is 2.31. The first-order valence-corrected chi connectivity index (χ1v) is 10.8. The van der Waals surface area contributed by atoms with Gasteiger partial charge >= 0.3 is 0 Å². The zero-order chi connectivity index (χ0) is 22.8. The number of nitriles is 1. The Morgan fingerprint density at radius 2 is 1.94 bits per heavy atom. The van der Waals surface area contributed by atoms with E-state index in [0.717, 1.165) is 41.1 Å². The summed E-state index contributed by atoms with van der Waals surface area (Å²) in [5, 5.41) is 9.55. The summed E-state index contributed by atoms with van der Waals surface area (Å²) in [6.45, 7) is 5.32. The minimum Gasteiger partial charge on any atom is -0.495 e. The van der Waals surface area contributed by atoms with Crippen molar-refractivity contribution < 1.29 is 9.53 Å². The Morgan fingerprint density at radius 3 is 2.59 bits per heavy atom. The number of hydrogen-bond donors (Lipinski definition) is 0. The Bertz CT molecular complexity index is 1200. The maximum absolute atomic E-state index is 12.5. The van der Waals surface area contributed by atoms with Gasteiger partial charge in [0.15, 0.2) is 5.82 Å². The highest BCUT2D eigenvalue weighted by Crippen LogP contribution is 2.34. The molecule has 1 amide bonds. The van der Waals surface area contributed by atoms with Crippen molar-refractivity contribution in [2.45, 2.75) is 26.3 Å². The summed E-state index contributed by atoms with van der Waals surface area (Å²) in [5.74, 6) is 1.41. The van der Waals surface area contributed by atoms with Gasteiger partial charge in [-0.2, -0.15) is 5.26 Å². The van der Waals surface area contributed by atoms with Gasteiger partial charge in [0.05, 0.1) is 29.7 Å². The third-order valence-electron chi connectivity index (χ3n) is 6.00. The number of benzene rings is 2. The number of nitrogens with zero attached hydrogens (tertiary/aromatic N) is 5. The number of anilines is 1. The number of carbonyl (C=O) groups excluding carboxylic acids is 1. The molecule has 0 saturated carbocycles. The van der Waals surface area contributed by atoms with Crippen molar-refractivity contribution in [3.63, 3.8) is 0 Å². The molecule has 0 spiro atoms. The van der Waals surface area contributed by atoms with Crippen LogP contribution in [0.2, 0.25) is 0 Å². The van der Waals surface area contributed by atoms with Crippen LogP contribution < -0.4 is 9.64 Å². The molecule has 1 aliphatic rings. The summed E-state index contributed by atoms with van der Waals surface area (Å²) in [7, 11) is 3.43. The highest BCUT2D eigenvalue weighted by molar-refractivity contribution is 5.84. The number of fused-ring (bicyclic) bond motifs is 1. The topological polar surface area (TPSA) is 82.4 Å². The molecule has 4 rings (SSSR count). The van der Waals surface area contributed by atoms with Crippen molar-refractivity contribution in [3.05, 3.63) is 48.0 Å². The van der Waals surface area contributed by atoms with Gasteiger partial charge in [0.2, 0.25) is 5.91 Å². The van der Waals surface area contributed by atoms with Crippen LogP contribution in [0.25, 0.3) is 22.3 Å². The van der Waals surface area contributed by atoms with E-state index in [1.165, 1.54) is 0 Å². The van der Waals surface area contributed by atoms with E-state index in [4.69, 9.17) is 14.7 Å². The Balaban J connectivity index is 1.76. The number of carbonyl (C=O) groups is 1. The van der Waals surface area contributed by atoms with Crippen LogP contribution in [0, 0.1) is 17.2 Å². The predicted octanol–water partition coefficient (Wildman–Crippen LogP) is 3.87. The lowest BCUT2D eigenvalue weighted by Crippen LogP contribution is -2.41. The lowest BCUT2D eigenvalue weighted by atomic mass is 10.1. The van der Waals surface area contributed by atoms with Crippen molar-refractivity contribution in [2.75, 3.05) is 32.1 Å². The molecule has 0 bridgehead atoms. The zero-order valence-corrected chi connectivity index (χ0v) is 18.9. The second-order valence-corrected chi connectivity index (χ2v) is 8.40. The molecule has 1 saturated heterocycles.